The Hall–Kier alpha value is -2.63. The minimum absolute atomic E-state index is 0.0214. The first-order chi connectivity index (χ1) is 11.1. The SMILES string of the molecule is Cn1nccc1[C@@H]1CCCCN1C(=O)c1ccc(C(N)=O)cc1. The molecule has 6 heteroatoms. The first-order valence-electron chi connectivity index (χ1n) is 7.76. The molecule has 0 aliphatic carbocycles. The van der Waals surface area contributed by atoms with Crippen molar-refractivity contribution >= 4 is 11.8 Å². The summed E-state index contributed by atoms with van der Waals surface area (Å²) < 4.78 is 1.83. The van der Waals surface area contributed by atoms with Crippen molar-refractivity contribution in [3.63, 3.8) is 0 Å². The van der Waals surface area contributed by atoms with E-state index in [1.807, 2.05) is 22.7 Å². The highest BCUT2D eigenvalue weighted by Crippen LogP contribution is 2.31. The molecule has 0 saturated carbocycles. The summed E-state index contributed by atoms with van der Waals surface area (Å²) in [5.74, 6) is -0.512. The van der Waals surface area contributed by atoms with Crippen molar-refractivity contribution in [2.24, 2.45) is 12.8 Å². The second kappa shape index (κ2) is 6.24. The molecule has 2 aromatic rings. The summed E-state index contributed by atoms with van der Waals surface area (Å²) in [4.78, 5) is 25.9. The number of carbonyl (C=O) groups excluding carboxylic acids is 2. The Labute approximate surface area is 134 Å². The molecule has 0 bridgehead atoms. The van der Waals surface area contributed by atoms with E-state index in [0.717, 1.165) is 31.5 Å². The average Bonchev–Trinajstić information content (AvgIpc) is 3.00. The molecule has 1 saturated heterocycles. The first kappa shape index (κ1) is 15.3. The smallest absolute Gasteiger partial charge is 0.254 e. The quantitative estimate of drug-likeness (QED) is 0.939. The zero-order valence-corrected chi connectivity index (χ0v) is 13.1. The van der Waals surface area contributed by atoms with Crippen LogP contribution in [0.1, 0.15) is 51.7 Å². The van der Waals surface area contributed by atoms with Gasteiger partial charge in [0.25, 0.3) is 5.91 Å². The fraction of sp³-hybridized carbons (Fsp3) is 0.353. The summed E-state index contributed by atoms with van der Waals surface area (Å²) in [6.45, 7) is 0.728. The molecule has 1 aliphatic rings. The minimum atomic E-state index is -0.491. The van der Waals surface area contributed by atoms with Crippen molar-refractivity contribution in [1.82, 2.24) is 14.7 Å². The number of aromatic nitrogens is 2. The van der Waals surface area contributed by atoms with Crippen LogP contribution in [0.3, 0.4) is 0 Å². The summed E-state index contributed by atoms with van der Waals surface area (Å²) in [6, 6.07) is 8.53. The Morgan fingerprint density at radius 2 is 1.83 bits per heavy atom. The van der Waals surface area contributed by atoms with E-state index in [1.54, 1.807) is 30.5 Å². The van der Waals surface area contributed by atoms with E-state index >= 15 is 0 Å². The molecule has 1 fully saturated rings. The van der Waals surface area contributed by atoms with Gasteiger partial charge in [0.1, 0.15) is 0 Å². The van der Waals surface area contributed by atoms with Gasteiger partial charge in [0, 0.05) is 30.9 Å². The topological polar surface area (TPSA) is 81.2 Å². The van der Waals surface area contributed by atoms with E-state index in [-0.39, 0.29) is 11.9 Å². The van der Waals surface area contributed by atoms with E-state index in [4.69, 9.17) is 5.73 Å². The Bertz CT molecular complexity index is 720. The molecule has 1 atom stereocenters. The summed E-state index contributed by atoms with van der Waals surface area (Å²) in [6.07, 6.45) is 4.79. The Morgan fingerprint density at radius 3 is 2.43 bits per heavy atom. The predicted octanol–water partition coefficient (Wildman–Crippen LogP) is 1.89. The molecule has 120 valence electrons. The van der Waals surface area contributed by atoms with E-state index in [0.29, 0.717) is 11.1 Å². The zero-order chi connectivity index (χ0) is 16.4. The number of piperidine rings is 1. The molecule has 1 aromatic carbocycles. The normalized spacial score (nSPS) is 18.0. The van der Waals surface area contributed by atoms with E-state index in [2.05, 4.69) is 5.10 Å². The highest BCUT2D eigenvalue weighted by atomic mass is 16.2. The third-order valence-corrected chi connectivity index (χ3v) is 4.38. The van der Waals surface area contributed by atoms with Crippen LogP contribution in [0.4, 0.5) is 0 Å². The maximum atomic E-state index is 12.9. The van der Waals surface area contributed by atoms with Crippen LogP contribution in [0.5, 0.6) is 0 Å². The van der Waals surface area contributed by atoms with E-state index in [1.165, 1.54) is 0 Å². The number of carbonyl (C=O) groups is 2. The number of likely N-dealkylation sites (tertiary alicyclic amines) is 1. The van der Waals surface area contributed by atoms with Crippen LogP contribution in [0.15, 0.2) is 36.5 Å². The lowest BCUT2D eigenvalue weighted by Gasteiger charge is -2.35. The van der Waals surface area contributed by atoms with Gasteiger partial charge in [-0.1, -0.05) is 0 Å². The van der Waals surface area contributed by atoms with Gasteiger partial charge in [0.05, 0.1) is 11.7 Å². The molecule has 0 radical (unpaired) electrons. The molecule has 6 nitrogen and oxygen atoms in total. The van der Waals surface area contributed by atoms with Gasteiger partial charge >= 0.3 is 0 Å². The number of nitrogens with zero attached hydrogens (tertiary/aromatic N) is 3. The highest BCUT2D eigenvalue weighted by molar-refractivity contribution is 5.97. The number of amides is 2. The van der Waals surface area contributed by atoms with Crippen molar-refractivity contribution in [2.75, 3.05) is 6.54 Å². The summed E-state index contributed by atoms with van der Waals surface area (Å²) >= 11 is 0. The summed E-state index contributed by atoms with van der Waals surface area (Å²) in [7, 11) is 1.90. The van der Waals surface area contributed by atoms with Crippen LogP contribution in [-0.4, -0.2) is 33.0 Å². The molecule has 23 heavy (non-hydrogen) atoms. The van der Waals surface area contributed by atoms with Crippen molar-refractivity contribution < 1.29 is 9.59 Å². The van der Waals surface area contributed by atoms with Gasteiger partial charge < -0.3 is 10.6 Å². The van der Waals surface area contributed by atoms with Gasteiger partial charge in [-0.2, -0.15) is 5.10 Å². The maximum absolute atomic E-state index is 12.9. The second-order valence-corrected chi connectivity index (χ2v) is 5.83. The van der Waals surface area contributed by atoms with Crippen LogP contribution in [-0.2, 0) is 7.05 Å². The number of rotatable bonds is 3. The van der Waals surface area contributed by atoms with Gasteiger partial charge in [0.2, 0.25) is 5.91 Å². The number of benzene rings is 1. The lowest BCUT2D eigenvalue weighted by molar-refractivity contribution is 0.0601. The van der Waals surface area contributed by atoms with Crippen molar-refractivity contribution in [3.05, 3.63) is 53.3 Å². The van der Waals surface area contributed by atoms with Gasteiger partial charge in [-0.3, -0.25) is 14.3 Å². The molecule has 0 unspecified atom stereocenters. The number of hydrogen-bond acceptors (Lipinski definition) is 3. The van der Waals surface area contributed by atoms with Crippen molar-refractivity contribution in [2.45, 2.75) is 25.3 Å². The lowest BCUT2D eigenvalue weighted by atomic mass is 9.98. The standard InChI is InChI=1S/C17H20N4O2/c1-20-14(9-10-19-20)15-4-2-3-11-21(15)17(23)13-7-5-12(6-8-13)16(18)22/h5-10,15H,2-4,11H2,1H3,(H2,18,22)/t15-/m0/s1. The van der Waals surface area contributed by atoms with Gasteiger partial charge in [-0.25, -0.2) is 0 Å². The van der Waals surface area contributed by atoms with Gasteiger partial charge in [-0.05, 0) is 49.6 Å². The molecule has 1 aliphatic heterocycles. The zero-order valence-electron chi connectivity index (χ0n) is 13.1. The Morgan fingerprint density at radius 1 is 1.13 bits per heavy atom. The molecule has 2 N–H and O–H groups in total. The molecule has 2 amide bonds. The second-order valence-electron chi connectivity index (χ2n) is 5.83. The van der Waals surface area contributed by atoms with Crippen molar-refractivity contribution in [3.8, 4) is 0 Å². The van der Waals surface area contributed by atoms with Gasteiger partial charge in [0.15, 0.2) is 0 Å². The predicted molar refractivity (Wildman–Crippen MR) is 85.8 cm³/mol. The van der Waals surface area contributed by atoms with Crippen LogP contribution < -0.4 is 5.73 Å². The molecular formula is C17H20N4O2. The maximum Gasteiger partial charge on any atom is 0.254 e. The average molecular weight is 312 g/mol. The molecule has 3 rings (SSSR count). The van der Waals surface area contributed by atoms with Crippen molar-refractivity contribution in [1.29, 1.82) is 0 Å². The lowest BCUT2D eigenvalue weighted by Crippen LogP contribution is -2.39. The largest absolute Gasteiger partial charge is 0.366 e. The molecular weight excluding hydrogens is 292 g/mol. The summed E-state index contributed by atoms with van der Waals surface area (Å²) in [5, 5.41) is 4.22. The first-order valence-corrected chi connectivity index (χ1v) is 7.76. The van der Waals surface area contributed by atoms with E-state index < -0.39 is 5.91 Å². The molecule has 0 spiro atoms. The third kappa shape index (κ3) is 2.97. The van der Waals surface area contributed by atoms with E-state index in [9.17, 15) is 9.59 Å². The Kier molecular flexibility index (Phi) is 4.14. The third-order valence-electron chi connectivity index (χ3n) is 4.38. The van der Waals surface area contributed by atoms with Crippen LogP contribution >= 0.6 is 0 Å². The number of hydrogen-bond donors (Lipinski definition) is 1. The van der Waals surface area contributed by atoms with Crippen LogP contribution in [0.2, 0.25) is 0 Å². The highest BCUT2D eigenvalue weighted by Gasteiger charge is 2.30. The molecule has 2 heterocycles. The van der Waals surface area contributed by atoms with Crippen LogP contribution in [0.25, 0.3) is 0 Å². The fourth-order valence-corrected chi connectivity index (χ4v) is 3.14. The monoisotopic (exact) mass is 312 g/mol. The summed E-state index contributed by atoms with van der Waals surface area (Å²) in [5.41, 5.74) is 7.27. The van der Waals surface area contributed by atoms with Gasteiger partial charge in [-0.15, -0.1) is 0 Å². The molecule has 1 aromatic heterocycles. The number of nitrogens with two attached hydrogens (primary N) is 1. The van der Waals surface area contributed by atoms with Crippen LogP contribution in [0, 0.1) is 0 Å². The minimum Gasteiger partial charge on any atom is -0.366 e. The number of aryl methyl sites for hydroxylation is 1. The fourth-order valence-electron chi connectivity index (χ4n) is 3.14. The number of primary amides is 1. The Balaban J connectivity index is 1.86.